The number of nitrogens with zero attached hydrogens (tertiary/aromatic N) is 1. The van der Waals surface area contributed by atoms with Crippen LogP contribution < -0.4 is 11.2 Å². The summed E-state index contributed by atoms with van der Waals surface area (Å²) >= 11 is 0. The third-order valence-corrected chi connectivity index (χ3v) is 1.79. The molecule has 0 saturated heterocycles. The Morgan fingerprint density at radius 3 is 3.00 bits per heavy atom. The Balaban J connectivity index is 2.46. The molecule has 1 aliphatic rings. The van der Waals surface area contributed by atoms with E-state index in [0.29, 0.717) is 6.61 Å². The van der Waals surface area contributed by atoms with E-state index in [4.69, 9.17) is 4.74 Å². The third kappa shape index (κ3) is 1.46. The lowest BCUT2D eigenvalue weighted by Crippen LogP contribution is -2.31. The summed E-state index contributed by atoms with van der Waals surface area (Å²) in [6, 6.07) is 1.29. The molecule has 0 amide bonds. The second-order valence-electron chi connectivity index (χ2n) is 2.67. The van der Waals surface area contributed by atoms with Gasteiger partial charge in [-0.3, -0.25) is 14.3 Å². The number of hydrogen-bond acceptors (Lipinski definition) is 3. The molecule has 0 radical (unpaired) electrons. The highest BCUT2D eigenvalue weighted by Crippen LogP contribution is 2.11. The molecule has 1 aliphatic heterocycles. The van der Waals surface area contributed by atoms with E-state index in [1.807, 2.05) is 6.08 Å². The van der Waals surface area contributed by atoms with Crippen molar-refractivity contribution in [3.05, 3.63) is 45.3 Å². The molecule has 1 aromatic heterocycles. The van der Waals surface area contributed by atoms with Crippen molar-refractivity contribution < 1.29 is 4.74 Å². The number of H-pyrrole nitrogens is 1. The number of hydrogen-bond donors (Lipinski definition) is 1. The lowest BCUT2D eigenvalue weighted by Gasteiger charge is -2.10. The fraction of sp³-hybridized carbons (Fsp3) is 0.250. The summed E-state index contributed by atoms with van der Waals surface area (Å²) in [6.07, 6.45) is 4.62. The molecule has 0 aliphatic carbocycles. The van der Waals surface area contributed by atoms with Crippen LogP contribution in [0.25, 0.3) is 0 Å². The highest BCUT2D eigenvalue weighted by Gasteiger charge is 2.12. The number of nitrogens with one attached hydrogen (secondary N) is 1. The number of rotatable bonds is 1. The van der Waals surface area contributed by atoms with Gasteiger partial charge in [0.2, 0.25) is 0 Å². The van der Waals surface area contributed by atoms with E-state index in [0.717, 1.165) is 0 Å². The van der Waals surface area contributed by atoms with Gasteiger partial charge < -0.3 is 4.74 Å². The van der Waals surface area contributed by atoms with Gasteiger partial charge in [-0.2, -0.15) is 0 Å². The molecule has 1 N–H and O–H groups in total. The highest BCUT2D eigenvalue weighted by atomic mass is 16.5. The molecular weight excluding hydrogens is 172 g/mol. The van der Waals surface area contributed by atoms with Gasteiger partial charge in [-0.15, -0.1) is 0 Å². The van der Waals surface area contributed by atoms with E-state index in [1.165, 1.54) is 16.8 Å². The maximum absolute atomic E-state index is 11.2. The molecule has 0 spiro atoms. The van der Waals surface area contributed by atoms with Crippen molar-refractivity contribution in [3.8, 4) is 0 Å². The fourth-order valence-electron chi connectivity index (χ4n) is 1.18. The zero-order chi connectivity index (χ0) is 9.26. The molecule has 13 heavy (non-hydrogen) atoms. The maximum Gasteiger partial charge on any atom is 0.330 e. The first-order valence-corrected chi connectivity index (χ1v) is 3.87. The Kier molecular flexibility index (Phi) is 1.86. The van der Waals surface area contributed by atoms with Gasteiger partial charge in [0.05, 0.1) is 6.61 Å². The third-order valence-electron chi connectivity index (χ3n) is 1.79. The molecule has 0 fully saturated rings. The van der Waals surface area contributed by atoms with Gasteiger partial charge in [-0.1, -0.05) is 6.08 Å². The van der Waals surface area contributed by atoms with Crippen molar-refractivity contribution >= 4 is 0 Å². The first-order valence-electron chi connectivity index (χ1n) is 3.87. The van der Waals surface area contributed by atoms with E-state index >= 15 is 0 Å². The van der Waals surface area contributed by atoms with Gasteiger partial charge in [0.1, 0.15) is 0 Å². The van der Waals surface area contributed by atoms with Crippen LogP contribution in [0.1, 0.15) is 6.23 Å². The predicted molar refractivity (Wildman–Crippen MR) is 45.5 cm³/mol. The molecule has 1 atom stereocenters. The van der Waals surface area contributed by atoms with Gasteiger partial charge in [0, 0.05) is 12.3 Å². The van der Waals surface area contributed by atoms with Gasteiger partial charge in [-0.05, 0) is 6.08 Å². The largest absolute Gasteiger partial charge is 0.350 e. The Morgan fingerprint density at radius 1 is 1.54 bits per heavy atom. The summed E-state index contributed by atoms with van der Waals surface area (Å²) in [4.78, 5) is 24.1. The molecule has 5 nitrogen and oxygen atoms in total. The summed E-state index contributed by atoms with van der Waals surface area (Å²) in [5, 5.41) is 0. The van der Waals surface area contributed by atoms with Crippen molar-refractivity contribution in [1.29, 1.82) is 0 Å². The SMILES string of the molecule is O=c1ccn([C@@H]2C=CCO2)c(=O)[nH]1. The second-order valence-corrected chi connectivity index (χ2v) is 2.67. The van der Waals surface area contributed by atoms with Crippen molar-refractivity contribution in [2.45, 2.75) is 6.23 Å². The summed E-state index contributed by atoms with van der Waals surface area (Å²) in [7, 11) is 0. The average Bonchev–Trinajstić information content (AvgIpc) is 2.56. The van der Waals surface area contributed by atoms with Crippen LogP contribution in [-0.4, -0.2) is 16.2 Å². The average molecular weight is 180 g/mol. The zero-order valence-corrected chi connectivity index (χ0v) is 6.77. The van der Waals surface area contributed by atoms with Gasteiger partial charge in [-0.25, -0.2) is 4.79 Å². The van der Waals surface area contributed by atoms with Crippen LogP contribution in [0.3, 0.4) is 0 Å². The van der Waals surface area contributed by atoms with E-state index in [-0.39, 0.29) is 6.23 Å². The van der Waals surface area contributed by atoms with Crippen LogP contribution in [0.4, 0.5) is 0 Å². The van der Waals surface area contributed by atoms with Crippen LogP contribution in [0.15, 0.2) is 34.0 Å². The molecule has 2 rings (SSSR count). The van der Waals surface area contributed by atoms with Crippen LogP contribution in [0, 0.1) is 0 Å². The first-order chi connectivity index (χ1) is 6.27. The Bertz CT molecular complexity index is 443. The number of ether oxygens (including phenoxy) is 1. The Labute approximate surface area is 73.3 Å². The molecule has 0 bridgehead atoms. The minimum atomic E-state index is -0.455. The predicted octanol–water partition coefficient (Wildman–Crippen LogP) is -0.378. The lowest BCUT2D eigenvalue weighted by atomic mass is 10.5. The zero-order valence-electron chi connectivity index (χ0n) is 6.77. The molecule has 0 saturated carbocycles. The molecule has 68 valence electrons. The van der Waals surface area contributed by atoms with Crippen LogP contribution in [0.2, 0.25) is 0 Å². The standard InChI is InChI=1S/C8H8N2O3/c11-6-3-4-10(8(12)9-6)7-2-1-5-13-7/h1-4,7H,5H2,(H,9,11,12)/t7-/m0/s1. The molecule has 2 heterocycles. The first kappa shape index (κ1) is 8.00. The van der Waals surface area contributed by atoms with E-state index in [1.54, 1.807) is 6.08 Å². The molecule has 0 unspecified atom stereocenters. The molecule has 0 aromatic carbocycles. The second kappa shape index (κ2) is 3.02. The molecular formula is C8H8N2O3. The van der Waals surface area contributed by atoms with Crippen molar-refractivity contribution in [2.75, 3.05) is 6.61 Å². The number of aromatic amines is 1. The quantitative estimate of drug-likeness (QED) is 0.599. The van der Waals surface area contributed by atoms with Gasteiger partial charge >= 0.3 is 5.69 Å². The van der Waals surface area contributed by atoms with Crippen LogP contribution in [0.5, 0.6) is 0 Å². The highest BCUT2D eigenvalue weighted by molar-refractivity contribution is 4.96. The van der Waals surface area contributed by atoms with E-state index in [9.17, 15) is 9.59 Å². The van der Waals surface area contributed by atoms with Crippen molar-refractivity contribution in [3.63, 3.8) is 0 Å². The van der Waals surface area contributed by atoms with Gasteiger partial charge in [0.25, 0.3) is 5.56 Å². The summed E-state index contributed by atoms with van der Waals surface area (Å²) < 4.78 is 6.51. The monoisotopic (exact) mass is 180 g/mol. The Hall–Kier alpha value is -1.62. The van der Waals surface area contributed by atoms with Gasteiger partial charge in [0.15, 0.2) is 6.23 Å². The van der Waals surface area contributed by atoms with E-state index < -0.39 is 11.2 Å². The fourth-order valence-corrected chi connectivity index (χ4v) is 1.18. The number of aromatic nitrogens is 2. The van der Waals surface area contributed by atoms with Crippen molar-refractivity contribution in [2.24, 2.45) is 0 Å². The Morgan fingerprint density at radius 2 is 2.38 bits per heavy atom. The minimum absolute atomic E-state index is 0.385. The summed E-state index contributed by atoms with van der Waals surface area (Å²) in [5.74, 6) is 0. The summed E-state index contributed by atoms with van der Waals surface area (Å²) in [5.41, 5.74) is -0.854. The molecule has 5 heteroatoms. The normalized spacial score (nSPS) is 20.8. The van der Waals surface area contributed by atoms with Crippen molar-refractivity contribution in [1.82, 2.24) is 9.55 Å². The minimum Gasteiger partial charge on any atom is -0.350 e. The molecule has 1 aromatic rings. The van der Waals surface area contributed by atoms with Crippen LogP contribution in [-0.2, 0) is 4.74 Å². The summed E-state index contributed by atoms with van der Waals surface area (Å²) in [6.45, 7) is 0.496. The maximum atomic E-state index is 11.2. The van der Waals surface area contributed by atoms with Crippen LogP contribution >= 0.6 is 0 Å². The topological polar surface area (TPSA) is 64.1 Å². The smallest absolute Gasteiger partial charge is 0.330 e. The lowest BCUT2D eigenvalue weighted by molar-refractivity contribution is 0.0721. The van der Waals surface area contributed by atoms with E-state index in [2.05, 4.69) is 4.98 Å².